The summed E-state index contributed by atoms with van der Waals surface area (Å²) in [7, 11) is -3.07. The fourth-order valence-electron chi connectivity index (χ4n) is 3.59. The molecule has 2 fully saturated rings. The van der Waals surface area contributed by atoms with Crippen LogP contribution in [0.2, 0.25) is 0 Å². The number of rotatable bonds is 3. The van der Waals surface area contributed by atoms with Crippen molar-refractivity contribution in [2.24, 2.45) is 0 Å². The average molecular weight is 354 g/mol. The summed E-state index contributed by atoms with van der Waals surface area (Å²) in [5.74, 6) is 0.755. The molecule has 1 unspecified atom stereocenters. The van der Waals surface area contributed by atoms with E-state index in [0.717, 1.165) is 43.1 Å². The van der Waals surface area contributed by atoms with Gasteiger partial charge in [0, 0.05) is 43.6 Å². The van der Waals surface area contributed by atoms with Gasteiger partial charge in [0.05, 0.1) is 12.9 Å². The molecule has 0 aliphatic carbocycles. The second-order valence-electron chi connectivity index (χ2n) is 6.76. The topological polar surface area (TPSA) is 75.6 Å². The van der Waals surface area contributed by atoms with E-state index in [2.05, 4.69) is 14.9 Å². The van der Waals surface area contributed by atoms with Crippen molar-refractivity contribution in [1.29, 1.82) is 0 Å². The maximum atomic E-state index is 11.6. The van der Waals surface area contributed by atoms with Crippen molar-refractivity contribution < 1.29 is 13.2 Å². The SMILES string of the molecule is Cc1cc(C)nc(C2CN(C3CCN(S(C)(=O)=O)CC3)CCO2)n1. The minimum Gasteiger partial charge on any atom is -0.368 e. The number of nitrogens with zero attached hydrogens (tertiary/aromatic N) is 4. The Labute approximate surface area is 144 Å². The van der Waals surface area contributed by atoms with Crippen molar-refractivity contribution >= 4 is 10.0 Å². The molecule has 3 rings (SSSR count). The molecule has 2 saturated heterocycles. The number of ether oxygens (including phenoxy) is 1. The first kappa shape index (κ1) is 17.7. The molecule has 0 saturated carbocycles. The molecule has 1 atom stereocenters. The zero-order valence-corrected chi connectivity index (χ0v) is 15.4. The molecule has 1 aromatic heterocycles. The van der Waals surface area contributed by atoms with Gasteiger partial charge in [0.25, 0.3) is 0 Å². The maximum absolute atomic E-state index is 11.6. The van der Waals surface area contributed by atoms with Crippen LogP contribution in [0.3, 0.4) is 0 Å². The van der Waals surface area contributed by atoms with Crippen molar-refractivity contribution in [1.82, 2.24) is 19.2 Å². The predicted molar refractivity (Wildman–Crippen MR) is 91.2 cm³/mol. The van der Waals surface area contributed by atoms with E-state index < -0.39 is 10.0 Å². The second-order valence-corrected chi connectivity index (χ2v) is 8.74. The van der Waals surface area contributed by atoms with Crippen molar-refractivity contribution in [3.05, 3.63) is 23.3 Å². The number of morpholine rings is 1. The largest absolute Gasteiger partial charge is 0.368 e. The van der Waals surface area contributed by atoms with E-state index in [1.807, 2.05) is 19.9 Å². The van der Waals surface area contributed by atoms with Crippen molar-refractivity contribution in [2.75, 3.05) is 39.0 Å². The van der Waals surface area contributed by atoms with Crippen LogP contribution in [0, 0.1) is 13.8 Å². The van der Waals surface area contributed by atoms with Crippen LogP contribution in [-0.2, 0) is 14.8 Å². The Balaban J connectivity index is 1.64. The van der Waals surface area contributed by atoms with Gasteiger partial charge in [0.2, 0.25) is 10.0 Å². The molecule has 0 spiro atoms. The molecule has 3 heterocycles. The van der Waals surface area contributed by atoms with Gasteiger partial charge in [-0.1, -0.05) is 0 Å². The Morgan fingerprint density at radius 2 is 1.75 bits per heavy atom. The van der Waals surface area contributed by atoms with Crippen LogP contribution in [0.5, 0.6) is 0 Å². The lowest BCUT2D eigenvalue weighted by Crippen LogP contribution is -2.50. The molecule has 24 heavy (non-hydrogen) atoms. The molecule has 8 heteroatoms. The molecule has 0 amide bonds. The lowest BCUT2D eigenvalue weighted by molar-refractivity contribution is -0.0548. The maximum Gasteiger partial charge on any atom is 0.211 e. The van der Waals surface area contributed by atoms with Crippen LogP contribution in [0.1, 0.15) is 36.2 Å². The van der Waals surface area contributed by atoms with E-state index in [4.69, 9.17) is 4.74 Å². The standard InChI is InChI=1S/C16H26N4O3S/c1-12-10-13(2)18-16(17-12)15-11-19(8-9-23-15)14-4-6-20(7-5-14)24(3,21)22/h10,14-15H,4-9,11H2,1-3H3. The van der Waals surface area contributed by atoms with Gasteiger partial charge < -0.3 is 4.74 Å². The molecular formula is C16H26N4O3S. The quantitative estimate of drug-likeness (QED) is 0.802. The summed E-state index contributed by atoms with van der Waals surface area (Å²) in [5, 5.41) is 0. The monoisotopic (exact) mass is 354 g/mol. The molecule has 0 N–H and O–H groups in total. The van der Waals surface area contributed by atoms with Gasteiger partial charge in [-0.3, -0.25) is 4.90 Å². The Bertz CT molecular complexity index is 666. The van der Waals surface area contributed by atoms with Crippen molar-refractivity contribution in [3.63, 3.8) is 0 Å². The third-order valence-corrected chi connectivity index (χ3v) is 6.10. The molecule has 0 bridgehead atoms. The summed E-state index contributed by atoms with van der Waals surface area (Å²) < 4.78 is 30.8. The summed E-state index contributed by atoms with van der Waals surface area (Å²) in [6.07, 6.45) is 2.92. The fraction of sp³-hybridized carbons (Fsp3) is 0.750. The fourth-order valence-corrected chi connectivity index (χ4v) is 4.47. The lowest BCUT2D eigenvalue weighted by Gasteiger charge is -2.41. The predicted octanol–water partition coefficient (Wildman–Crippen LogP) is 0.891. The number of aromatic nitrogens is 2. The zero-order chi connectivity index (χ0) is 17.3. The molecule has 134 valence electrons. The van der Waals surface area contributed by atoms with Crippen molar-refractivity contribution in [3.8, 4) is 0 Å². The van der Waals surface area contributed by atoms with Gasteiger partial charge in [-0.2, -0.15) is 0 Å². The van der Waals surface area contributed by atoms with E-state index in [1.165, 1.54) is 6.26 Å². The number of piperidine rings is 1. The van der Waals surface area contributed by atoms with Crippen LogP contribution >= 0.6 is 0 Å². The molecule has 2 aliphatic heterocycles. The van der Waals surface area contributed by atoms with Crippen molar-refractivity contribution in [2.45, 2.75) is 38.8 Å². The van der Waals surface area contributed by atoms with Gasteiger partial charge in [0.15, 0.2) is 5.82 Å². The summed E-state index contributed by atoms with van der Waals surface area (Å²) in [4.78, 5) is 11.5. The first-order valence-electron chi connectivity index (χ1n) is 8.46. The average Bonchev–Trinajstić information content (AvgIpc) is 2.53. The van der Waals surface area contributed by atoms with Crippen LogP contribution in [0.25, 0.3) is 0 Å². The zero-order valence-electron chi connectivity index (χ0n) is 14.6. The van der Waals surface area contributed by atoms with E-state index in [9.17, 15) is 8.42 Å². The smallest absolute Gasteiger partial charge is 0.211 e. The lowest BCUT2D eigenvalue weighted by atomic mass is 10.0. The molecule has 2 aliphatic rings. The Hall–Kier alpha value is -1.09. The Kier molecular flexibility index (Phi) is 5.19. The van der Waals surface area contributed by atoms with E-state index in [1.54, 1.807) is 4.31 Å². The number of hydrogen-bond acceptors (Lipinski definition) is 6. The van der Waals surface area contributed by atoms with E-state index in [-0.39, 0.29) is 6.10 Å². The first-order chi connectivity index (χ1) is 11.3. The number of aryl methyl sites for hydroxylation is 2. The van der Waals surface area contributed by atoms with Gasteiger partial charge in [0.1, 0.15) is 6.10 Å². The summed E-state index contributed by atoms with van der Waals surface area (Å²) in [6.45, 7) is 7.46. The highest BCUT2D eigenvalue weighted by molar-refractivity contribution is 7.88. The van der Waals surface area contributed by atoms with Crippen LogP contribution in [0.4, 0.5) is 0 Å². The van der Waals surface area contributed by atoms with Gasteiger partial charge in [-0.15, -0.1) is 0 Å². The summed E-state index contributed by atoms with van der Waals surface area (Å²) in [6, 6.07) is 2.37. The van der Waals surface area contributed by atoms with E-state index >= 15 is 0 Å². The highest BCUT2D eigenvalue weighted by atomic mass is 32.2. The Morgan fingerprint density at radius 1 is 1.12 bits per heavy atom. The number of hydrogen-bond donors (Lipinski definition) is 0. The number of sulfonamides is 1. The highest BCUT2D eigenvalue weighted by Crippen LogP contribution is 2.25. The van der Waals surface area contributed by atoms with Gasteiger partial charge in [-0.25, -0.2) is 22.7 Å². The molecule has 7 nitrogen and oxygen atoms in total. The second kappa shape index (κ2) is 7.03. The van der Waals surface area contributed by atoms with E-state index in [0.29, 0.717) is 25.7 Å². The van der Waals surface area contributed by atoms with Crippen LogP contribution in [-0.4, -0.2) is 72.7 Å². The van der Waals surface area contributed by atoms with Crippen LogP contribution in [0.15, 0.2) is 6.07 Å². The minimum absolute atomic E-state index is 0.106. The minimum atomic E-state index is -3.07. The molecule has 1 aromatic rings. The highest BCUT2D eigenvalue weighted by Gasteiger charge is 2.32. The third-order valence-electron chi connectivity index (χ3n) is 4.79. The molecular weight excluding hydrogens is 328 g/mol. The molecule has 0 radical (unpaired) electrons. The Morgan fingerprint density at radius 3 is 2.33 bits per heavy atom. The van der Waals surface area contributed by atoms with Gasteiger partial charge >= 0.3 is 0 Å². The van der Waals surface area contributed by atoms with Crippen LogP contribution < -0.4 is 0 Å². The normalized spacial score (nSPS) is 25.0. The molecule has 0 aromatic carbocycles. The van der Waals surface area contributed by atoms with Gasteiger partial charge in [-0.05, 0) is 32.8 Å². The third kappa shape index (κ3) is 4.11. The summed E-state index contributed by atoms with van der Waals surface area (Å²) in [5.41, 5.74) is 1.92. The summed E-state index contributed by atoms with van der Waals surface area (Å²) >= 11 is 0. The first-order valence-corrected chi connectivity index (χ1v) is 10.3.